The van der Waals surface area contributed by atoms with Crippen molar-refractivity contribution >= 4 is 57.4 Å². The van der Waals surface area contributed by atoms with E-state index in [2.05, 4.69) is 29.4 Å². The van der Waals surface area contributed by atoms with Gasteiger partial charge in [0.2, 0.25) is 6.29 Å². The van der Waals surface area contributed by atoms with Crippen LogP contribution in [0.5, 0.6) is 0 Å². The highest BCUT2D eigenvalue weighted by Gasteiger charge is 2.27. The molecule has 0 radical (unpaired) electrons. The van der Waals surface area contributed by atoms with Crippen LogP contribution < -0.4 is 5.32 Å². The first-order valence-corrected chi connectivity index (χ1v) is 9.09. The molecule has 1 aliphatic heterocycles. The number of benzene rings is 1. The van der Waals surface area contributed by atoms with E-state index in [1.165, 1.54) is 35.7 Å². The SMILES string of the molecule is CCCCCCc1ccc(NC2N=C(Cl)C(Cl)=C(Cl)N2Cl)cc1. The molecular weight excluding hydrogens is 376 g/mol. The van der Waals surface area contributed by atoms with Crippen molar-refractivity contribution in [1.82, 2.24) is 4.42 Å². The minimum absolute atomic E-state index is 0.138. The molecule has 1 aromatic carbocycles. The van der Waals surface area contributed by atoms with E-state index in [-0.39, 0.29) is 15.4 Å². The molecule has 1 aliphatic rings. The number of anilines is 1. The van der Waals surface area contributed by atoms with Crippen molar-refractivity contribution in [2.45, 2.75) is 45.3 Å². The normalized spacial score (nSPS) is 18.2. The molecule has 0 amide bonds. The molecule has 0 spiro atoms. The Kier molecular flexibility index (Phi) is 7.35. The maximum absolute atomic E-state index is 6.10. The van der Waals surface area contributed by atoms with E-state index in [1.807, 2.05) is 12.1 Å². The number of halogens is 4. The fraction of sp³-hybridized carbons (Fsp3) is 0.438. The van der Waals surface area contributed by atoms with Crippen LogP contribution in [0.4, 0.5) is 5.69 Å². The Balaban J connectivity index is 1.94. The summed E-state index contributed by atoms with van der Waals surface area (Å²) in [5.74, 6) is 0. The zero-order chi connectivity index (χ0) is 16.8. The number of nitrogens with zero attached hydrogens (tertiary/aromatic N) is 2. The van der Waals surface area contributed by atoms with E-state index in [1.54, 1.807) is 0 Å². The van der Waals surface area contributed by atoms with Gasteiger partial charge in [-0.3, -0.25) is 0 Å². The maximum Gasteiger partial charge on any atom is 0.213 e. The lowest BCUT2D eigenvalue weighted by Gasteiger charge is -2.28. The Morgan fingerprint density at radius 1 is 1.09 bits per heavy atom. The van der Waals surface area contributed by atoms with Crippen molar-refractivity contribution in [3.63, 3.8) is 0 Å². The number of aliphatic imine (C=N–C) groups is 1. The lowest BCUT2D eigenvalue weighted by atomic mass is 10.1. The first-order valence-electron chi connectivity index (χ1n) is 7.62. The lowest BCUT2D eigenvalue weighted by molar-refractivity contribution is 0.472. The summed E-state index contributed by atoms with van der Waals surface area (Å²) in [6, 6.07) is 8.20. The van der Waals surface area contributed by atoms with Crippen LogP contribution in [0.25, 0.3) is 0 Å². The molecule has 2 rings (SSSR count). The number of hydrogen-bond donors (Lipinski definition) is 1. The van der Waals surface area contributed by atoms with Crippen LogP contribution in [0.3, 0.4) is 0 Å². The van der Waals surface area contributed by atoms with Gasteiger partial charge in [0.05, 0.1) is 0 Å². The molecular formula is C16H19Cl4N3. The van der Waals surface area contributed by atoms with E-state index in [4.69, 9.17) is 46.6 Å². The number of allylic oxidation sites excluding steroid dienone is 1. The van der Waals surface area contributed by atoms with Gasteiger partial charge in [0.15, 0.2) is 0 Å². The van der Waals surface area contributed by atoms with E-state index in [9.17, 15) is 0 Å². The molecule has 23 heavy (non-hydrogen) atoms. The summed E-state index contributed by atoms with van der Waals surface area (Å²) in [7, 11) is 0. The fourth-order valence-electron chi connectivity index (χ4n) is 2.26. The second-order valence-electron chi connectivity index (χ2n) is 5.36. The summed E-state index contributed by atoms with van der Waals surface area (Å²) in [5.41, 5.74) is 2.20. The molecule has 1 unspecified atom stereocenters. The Labute approximate surface area is 157 Å². The standard InChI is InChI=1S/C16H19Cl4N3/c1-2-3-4-5-6-11-7-9-12(10-8-11)21-16-22-14(18)13(17)15(19)23(16)20/h7-10,16,21H,2-6H2,1H3. The van der Waals surface area contributed by atoms with Crippen LogP contribution in [0.1, 0.15) is 38.2 Å². The third-order valence-corrected chi connectivity index (χ3v) is 5.22. The van der Waals surface area contributed by atoms with Crippen LogP contribution >= 0.6 is 46.6 Å². The Morgan fingerprint density at radius 3 is 2.43 bits per heavy atom. The molecule has 0 saturated carbocycles. The van der Waals surface area contributed by atoms with Crippen molar-refractivity contribution in [1.29, 1.82) is 0 Å². The van der Waals surface area contributed by atoms with Crippen LogP contribution in [-0.4, -0.2) is 15.9 Å². The minimum Gasteiger partial charge on any atom is -0.346 e. The van der Waals surface area contributed by atoms with Gasteiger partial charge in [0, 0.05) is 17.5 Å². The van der Waals surface area contributed by atoms with E-state index < -0.39 is 6.29 Å². The molecule has 0 saturated heterocycles. The molecule has 0 bridgehead atoms. The molecule has 3 nitrogen and oxygen atoms in total. The molecule has 1 heterocycles. The highest BCUT2D eigenvalue weighted by atomic mass is 35.5. The molecule has 0 aliphatic carbocycles. The molecule has 0 fully saturated rings. The average Bonchev–Trinajstić information content (AvgIpc) is 2.56. The number of nitrogens with one attached hydrogen (secondary N) is 1. The van der Waals surface area contributed by atoms with E-state index in [0.717, 1.165) is 12.1 Å². The quantitative estimate of drug-likeness (QED) is 0.335. The molecule has 1 N–H and O–H groups in total. The van der Waals surface area contributed by atoms with E-state index in [0.29, 0.717) is 0 Å². The number of aryl methyl sites for hydroxylation is 1. The second kappa shape index (κ2) is 9.03. The van der Waals surface area contributed by atoms with Gasteiger partial charge in [-0.05, 0) is 30.5 Å². The summed E-state index contributed by atoms with van der Waals surface area (Å²) >= 11 is 24.0. The van der Waals surface area contributed by atoms with Gasteiger partial charge in [-0.15, -0.1) is 0 Å². The van der Waals surface area contributed by atoms with Crippen LogP contribution in [0, 0.1) is 0 Å². The minimum atomic E-state index is -0.602. The van der Waals surface area contributed by atoms with Gasteiger partial charge < -0.3 is 5.32 Å². The van der Waals surface area contributed by atoms with Gasteiger partial charge in [-0.2, -0.15) is 0 Å². The smallest absolute Gasteiger partial charge is 0.213 e. The van der Waals surface area contributed by atoms with Crippen LogP contribution in [-0.2, 0) is 6.42 Å². The Hall–Kier alpha value is -0.610. The lowest BCUT2D eigenvalue weighted by Crippen LogP contribution is -2.35. The first kappa shape index (κ1) is 18.7. The van der Waals surface area contributed by atoms with Gasteiger partial charge in [0.1, 0.15) is 15.4 Å². The summed E-state index contributed by atoms with van der Waals surface area (Å²) < 4.78 is 1.22. The molecule has 0 aromatic heterocycles. The van der Waals surface area contributed by atoms with E-state index >= 15 is 0 Å². The average molecular weight is 395 g/mol. The van der Waals surface area contributed by atoms with Gasteiger partial charge in [0.25, 0.3) is 0 Å². The Morgan fingerprint density at radius 2 is 1.78 bits per heavy atom. The third-order valence-electron chi connectivity index (χ3n) is 3.57. The van der Waals surface area contributed by atoms with Crippen molar-refractivity contribution in [3.8, 4) is 0 Å². The summed E-state index contributed by atoms with van der Waals surface area (Å²) in [6.07, 6.45) is 5.54. The zero-order valence-corrected chi connectivity index (χ0v) is 15.9. The number of unbranched alkanes of at least 4 members (excludes halogenated alkanes) is 3. The van der Waals surface area contributed by atoms with Gasteiger partial charge in [-0.25, -0.2) is 9.41 Å². The molecule has 7 heteroatoms. The van der Waals surface area contributed by atoms with Crippen LogP contribution in [0.15, 0.2) is 39.4 Å². The van der Waals surface area contributed by atoms with Crippen molar-refractivity contribution in [2.75, 3.05) is 5.32 Å². The first-order chi connectivity index (χ1) is 11.0. The summed E-state index contributed by atoms with van der Waals surface area (Å²) in [5, 5.41) is 3.59. The van der Waals surface area contributed by atoms with Gasteiger partial charge in [-0.1, -0.05) is 73.1 Å². The Bertz CT molecular complexity index is 583. The number of rotatable bonds is 7. The molecule has 1 atom stereocenters. The summed E-state index contributed by atoms with van der Waals surface area (Å²) in [6.45, 7) is 2.22. The largest absolute Gasteiger partial charge is 0.346 e. The topological polar surface area (TPSA) is 27.6 Å². The number of hydrogen-bond acceptors (Lipinski definition) is 3. The highest BCUT2D eigenvalue weighted by Crippen LogP contribution is 2.31. The fourth-order valence-corrected chi connectivity index (χ4v) is 3.03. The monoisotopic (exact) mass is 393 g/mol. The molecule has 126 valence electrons. The third kappa shape index (κ3) is 5.18. The van der Waals surface area contributed by atoms with Crippen LogP contribution in [0.2, 0.25) is 0 Å². The summed E-state index contributed by atoms with van der Waals surface area (Å²) in [4.78, 5) is 4.17. The van der Waals surface area contributed by atoms with Crippen molar-refractivity contribution in [2.24, 2.45) is 4.99 Å². The predicted octanol–water partition coefficient (Wildman–Crippen LogP) is 6.26. The van der Waals surface area contributed by atoms with Crippen molar-refractivity contribution in [3.05, 3.63) is 40.0 Å². The van der Waals surface area contributed by atoms with Crippen molar-refractivity contribution < 1.29 is 0 Å². The predicted molar refractivity (Wildman–Crippen MR) is 101 cm³/mol. The molecule has 1 aromatic rings. The zero-order valence-electron chi connectivity index (χ0n) is 12.8. The van der Waals surface area contributed by atoms with Gasteiger partial charge >= 0.3 is 0 Å². The highest BCUT2D eigenvalue weighted by molar-refractivity contribution is 6.77. The second-order valence-corrected chi connectivity index (χ2v) is 6.82. The maximum atomic E-state index is 6.10.